The summed E-state index contributed by atoms with van der Waals surface area (Å²) in [6.45, 7) is 5.79. The van der Waals surface area contributed by atoms with Crippen LogP contribution in [0.2, 0.25) is 0 Å². The summed E-state index contributed by atoms with van der Waals surface area (Å²) < 4.78 is 26.5. The van der Waals surface area contributed by atoms with Gasteiger partial charge in [-0.05, 0) is 19.3 Å². The Morgan fingerprint density at radius 1 is 1.05 bits per heavy atom. The van der Waals surface area contributed by atoms with E-state index in [4.69, 9.17) is 4.18 Å². The van der Waals surface area contributed by atoms with E-state index in [1.165, 1.54) is 32.1 Å². The Hall–Kier alpha value is -0.170. The molecule has 0 aromatic carbocycles. The molecule has 0 radical (unpaired) electrons. The average Bonchev–Trinajstić information content (AvgIpc) is 2.44. The van der Waals surface area contributed by atoms with Crippen molar-refractivity contribution < 1.29 is 12.6 Å². The van der Waals surface area contributed by atoms with Crippen molar-refractivity contribution >= 4 is 10.1 Å². The number of rotatable bonds is 6. The molecule has 0 aromatic heterocycles. The molecule has 6 heteroatoms. The van der Waals surface area contributed by atoms with Crippen LogP contribution < -0.4 is 0 Å². The lowest BCUT2D eigenvalue weighted by atomic mass is 9.94. The first-order valence-electron chi connectivity index (χ1n) is 7.85. The van der Waals surface area contributed by atoms with Gasteiger partial charge >= 0.3 is 0 Å². The van der Waals surface area contributed by atoms with Gasteiger partial charge in [0, 0.05) is 38.8 Å². The van der Waals surface area contributed by atoms with E-state index in [0.29, 0.717) is 6.61 Å². The molecule has 0 N–H and O–H groups in total. The van der Waals surface area contributed by atoms with Gasteiger partial charge in [-0.2, -0.15) is 8.42 Å². The van der Waals surface area contributed by atoms with Crippen molar-refractivity contribution in [2.24, 2.45) is 0 Å². The Labute approximate surface area is 123 Å². The molecule has 5 nitrogen and oxygen atoms in total. The molecule has 0 spiro atoms. The summed E-state index contributed by atoms with van der Waals surface area (Å²) in [6, 6.07) is 0.819. The number of hydrogen-bond donors (Lipinski definition) is 0. The molecule has 2 rings (SSSR count). The highest BCUT2D eigenvalue weighted by atomic mass is 32.2. The van der Waals surface area contributed by atoms with Crippen molar-refractivity contribution in [3.05, 3.63) is 0 Å². The van der Waals surface area contributed by atoms with Crippen LogP contribution in [0.1, 0.15) is 38.5 Å². The Morgan fingerprint density at radius 2 is 1.70 bits per heavy atom. The van der Waals surface area contributed by atoms with Crippen LogP contribution in [-0.2, 0) is 14.3 Å². The SMILES string of the molecule is CS(=O)(=O)OCCCN1CCN(C2CCCCC2)CC1. The first kappa shape index (κ1) is 16.2. The highest BCUT2D eigenvalue weighted by Gasteiger charge is 2.24. The average molecular weight is 304 g/mol. The lowest BCUT2D eigenvalue weighted by molar-refractivity contribution is 0.0765. The Kier molecular flexibility index (Phi) is 6.26. The molecule has 0 unspecified atom stereocenters. The summed E-state index contributed by atoms with van der Waals surface area (Å²) in [5.41, 5.74) is 0. The minimum absolute atomic E-state index is 0.307. The van der Waals surface area contributed by atoms with Crippen LogP contribution in [0.3, 0.4) is 0 Å². The van der Waals surface area contributed by atoms with Gasteiger partial charge in [0.2, 0.25) is 0 Å². The van der Waals surface area contributed by atoms with Crippen LogP contribution >= 0.6 is 0 Å². The molecule has 1 aliphatic carbocycles. The van der Waals surface area contributed by atoms with Crippen LogP contribution in [-0.4, -0.2) is 69.8 Å². The number of hydrogen-bond acceptors (Lipinski definition) is 5. The molecule has 1 aliphatic heterocycles. The van der Waals surface area contributed by atoms with E-state index in [9.17, 15) is 8.42 Å². The van der Waals surface area contributed by atoms with E-state index in [0.717, 1.165) is 51.4 Å². The molecule has 2 aliphatic rings. The van der Waals surface area contributed by atoms with Crippen molar-refractivity contribution in [1.29, 1.82) is 0 Å². The van der Waals surface area contributed by atoms with Gasteiger partial charge in [-0.3, -0.25) is 9.08 Å². The van der Waals surface area contributed by atoms with E-state index in [1.54, 1.807) is 0 Å². The van der Waals surface area contributed by atoms with E-state index < -0.39 is 10.1 Å². The fourth-order valence-electron chi connectivity index (χ4n) is 3.30. The second kappa shape index (κ2) is 7.73. The van der Waals surface area contributed by atoms with E-state index >= 15 is 0 Å². The summed E-state index contributed by atoms with van der Waals surface area (Å²) in [7, 11) is -3.28. The predicted molar refractivity (Wildman–Crippen MR) is 80.3 cm³/mol. The van der Waals surface area contributed by atoms with Crippen molar-refractivity contribution in [3.63, 3.8) is 0 Å². The molecule has 0 atom stereocenters. The van der Waals surface area contributed by atoms with E-state index in [1.807, 2.05) is 0 Å². The second-order valence-corrected chi connectivity index (χ2v) is 7.69. The molecule has 1 saturated carbocycles. The molecule has 0 amide bonds. The van der Waals surface area contributed by atoms with Crippen molar-refractivity contribution in [2.75, 3.05) is 45.6 Å². The third-order valence-electron chi connectivity index (χ3n) is 4.41. The van der Waals surface area contributed by atoms with Crippen LogP contribution in [0.5, 0.6) is 0 Å². The number of piperazine rings is 1. The molecule has 20 heavy (non-hydrogen) atoms. The fourth-order valence-corrected chi connectivity index (χ4v) is 3.72. The van der Waals surface area contributed by atoms with Gasteiger partial charge in [-0.1, -0.05) is 19.3 Å². The lowest BCUT2D eigenvalue weighted by Gasteiger charge is -2.40. The van der Waals surface area contributed by atoms with Gasteiger partial charge < -0.3 is 4.90 Å². The predicted octanol–water partition coefficient (Wildman–Crippen LogP) is 1.30. The first-order chi connectivity index (χ1) is 9.54. The fraction of sp³-hybridized carbons (Fsp3) is 1.00. The van der Waals surface area contributed by atoms with Crippen molar-refractivity contribution in [3.8, 4) is 0 Å². The largest absolute Gasteiger partial charge is 0.301 e. The van der Waals surface area contributed by atoms with E-state index in [-0.39, 0.29) is 0 Å². The standard InChI is InChI=1S/C14H28N2O3S/c1-20(17,18)19-13-5-8-15-9-11-16(12-10-15)14-6-3-2-4-7-14/h14H,2-13H2,1H3. The van der Waals surface area contributed by atoms with Gasteiger partial charge in [-0.15, -0.1) is 0 Å². The zero-order valence-electron chi connectivity index (χ0n) is 12.6. The van der Waals surface area contributed by atoms with Crippen LogP contribution in [0.15, 0.2) is 0 Å². The van der Waals surface area contributed by atoms with Gasteiger partial charge in [0.25, 0.3) is 10.1 Å². The van der Waals surface area contributed by atoms with Gasteiger partial charge in [0.05, 0.1) is 12.9 Å². The zero-order valence-corrected chi connectivity index (χ0v) is 13.4. The molecule has 118 valence electrons. The number of nitrogens with zero attached hydrogens (tertiary/aromatic N) is 2. The smallest absolute Gasteiger partial charge is 0.264 e. The van der Waals surface area contributed by atoms with Crippen LogP contribution in [0, 0.1) is 0 Å². The maximum absolute atomic E-state index is 10.9. The summed E-state index contributed by atoms with van der Waals surface area (Å²) >= 11 is 0. The van der Waals surface area contributed by atoms with Crippen LogP contribution in [0.4, 0.5) is 0 Å². The Morgan fingerprint density at radius 3 is 2.30 bits per heavy atom. The molecular formula is C14H28N2O3S. The van der Waals surface area contributed by atoms with Crippen LogP contribution in [0.25, 0.3) is 0 Å². The van der Waals surface area contributed by atoms with Crippen molar-refractivity contribution in [1.82, 2.24) is 9.80 Å². The molecule has 1 saturated heterocycles. The minimum Gasteiger partial charge on any atom is -0.301 e. The lowest BCUT2D eigenvalue weighted by Crippen LogP contribution is -2.50. The van der Waals surface area contributed by atoms with E-state index in [2.05, 4.69) is 9.80 Å². The normalized spacial score (nSPS) is 24.1. The summed E-state index contributed by atoms with van der Waals surface area (Å²) in [6.07, 6.45) is 8.86. The maximum atomic E-state index is 10.9. The van der Waals surface area contributed by atoms with Gasteiger partial charge in [0.1, 0.15) is 0 Å². The van der Waals surface area contributed by atoms with Crippen molar-refractivity contribution in [2.45, 2.75) is 44.6 Å². The maximum Gasteiger partial charge on any atom is 0.264 e. The second-order valence-electron chi connectivity index (χ2n) is 6.05. The summed E-state index contributed by atoms with van der Waals surface area (Å²) in [5.74, 6) is 0. The molecule has 0 aromatic rings. The minimum atomic E-state index is -3.28. The molecule has 1 heterocycles. The Balaban J connectivity index is 1.59. The highest BCUT2D eigenvalue weighted by Crippen LogP contribution is 2.23. The zero-order chi connectivity index (χ0) is 14.4. The third kappa shape index (κ3) is 5.68. The topological polar surface area (TPSA) is 49.9 Å². The highest BCUT2D eigenvalue weighted by molar-refractivity contribution is 7.85. The van der Waals surface area contributed by atoms with Gasteiger partial charge in [0.15, 0.2) is 0 Å². The third-order valence-corrected chi connectivity index (χ3v) is 5.01. The first-order valence-corrected chi connectivity index (χ1v) is 9.67. The molecule has 2 fully saturated rings. The molecule has 0 bridgehead atoms. The quantitative estimate of drug-likeness (QED) is 0.547. The summed E-state index contributed by atoms with van der Waals surface area (Å²) in [5, 5.41) is 0. The molecular weight excluding hydrogens is 276 g/mol. The Bertz CT molecular complexity index is 372. The van der Waals surface area contributed by atoms with Gasteiger partial charge in [-0.25, -0.2) is 0 Å². The monoisotopic (exact) mass is 304 g/mol. The summed E-state index contributed by atoms with van der Waals surface area (Å²) in [4.78, 5) is 5.08.